The maximum Gasteiger partial charge on any atom is 0.143 e. The Labute approximate surface area is 123 Å². The van der Waals surface area contributed by atoms with Gasteiger partial charge in [0, 0.05) is 36.8 Å². The molecule has 0 amide bonds. The first-order chi connectivity index (χ1) is 9.47. The van der Waals surface area contributed by atoms with Gasteiger partial charge in [0.2, 0.25) is 0 Å². The fourth-order valence-electron chi connectivity index (χ4n) is 1.62. The lowest BCUT2D eigenvalue weighted by Crippen LogP contribution is -2.45. The smallest absolute Gasteiger partial charge is 0.143 e. The Morgan fingerprint density at radius 3 is 2.85 bits per heavy atom. The molecule has 0 fully saturated rings. The summed E-state index contributed by atoms with van der Waals surface area (Å²) in [6, 6.07) is 0.0422. The fraction of sp³-hybridized carbons (Fsp3) is 0.500. The van der Waals surface area contributed by atoms with Gasteiger partial charge in [-0.05, 0) is 20.8 Å². The summed E-state index contributed by atoms with van der Waals surface area (Å²) in [4.78, 5) is 12.8. The molecule has 0 aromatic carbocycles. The molecular weight excluding hydrogens is 272 g/mol. The van der Waals surface area contributed by atoms with Crippen molar-refractivity contribution >= 4 is 11.3 Å². The number of nitrogens with zero attached hydrogens (tertiary/aromatic N) is 3. The predicted octanol–water partition coefficient (Wildman–Crippen LogP) is 1.89. The average Bonchev–Trinajstić information content (AvgIpc) is 2.87. The number of aromatic nitrogens is 3. The molecule has 2 N–H and O–H groups in total. The summed E-state index contributed by atoms with van der Waals surface area (Å²) in [6.45, 7) is 6.38. The first-order valence-corrected chi connectivity index (χ1v) is 7.51. The van der Waals surface area contributed by atoms with Gasteiger partial charge >= 0.3 is 0 Å². The third-order valence-electron chi connectivity index (χ3n) is 3.23. The first kappa shape index (κ1) is 15.0. The minimum absolute atomic E-state index is 0.0422. The molecule has 0 aliphatic carbocycles. The van der Waals surface area contributed by atoms with Crippen LogP contribution < -0.4 is 5.32 Å². The van der Waals surface area contributed by atoms with Crippen LogP contribution in [0.5, 0.6) is 0 Å². The zero-order valence-corrected chi connectivity index (χ0v) is 12.8. The minimum atomic E-state index is -0.715. The Hall–Kier alpha value is -1.37. The topological polar surface area (TPSA) is 70.9 Å². The van der Waals surface area contributed by atoms with E-state index in [4.69, 9.17) is 0 Å². The maximum absolute atomic E-state index is 9.84. The molecule has 0 saturated carbocycles. The van der Waals surface area contributed by atoms with Crippen LogP contribution in [-0.4, -0.2) is 38.2 Å². The van der Waals surface area contributed by atoms with Gasteiger partial charge in [0.15, 0.2) is 0 Å². The highest BCUT2D eigenvalue weighted by Gasteiger charge is 2.21. The molecule has 108 valence electrons. The van der Waals surface area contributed by atoms with Crippen LogP contribution in [0.4, 0.5) is 0 Å². The third-order valence-corrected chi connectivity index (χ3v) is 4.14. The fourth-order valence-corrected chi connectivity index (χ4v) is 2.43. The van der Waals surface area contributed by atoms with E-state index in [0.717, 1.165) is 29.4 Å². The predicted molar refractivity (Wildman–Crippen MR) is 80.6 cm³/mol. The molecule has 1 atom stereocenters. The molecule has 20 heavy (non-hydrogen) atoms. The highest BCUT2D eigenvalue weighted by atomic mass is 32.1. The van der Waals surface area contributed by atoms with Gasteiger partial charge in [-0.15, -0.1) is 11.3 Å². The first-order valence-electron chi connectivity index (χ1n) is 6.63. The van der Waals surface area contributed by atoms with Gasteiger partial charge in [-0.2, -0.15) is 0 Å². The van der Waals surface area contributed by atoms with E-state index in [-0.39, 0.29) is 6.04 Å². The molecule has 2 aromatic rings. The lowest BCUT2D eigenvalue weighted by Gasteiger charge is -2.26. The molecule has 2 heterocycles. The molecule has 0 aliphatic rings. The Morgan fingerprint density at radius 2 is 2.20 bits per heavy atom. The molecular formula is C14H20N4OS. The van der Waals surface area contributed by atoms with Gasteiger partial charge < -0.3 is 10.4 Å². The number of hydrogen-bond acceptors (Lipinski definition) is 6. The van der Waals surface area contributed by atoms with Crippen LogP contribution in [0, 0.1) is 0 Å². The minimum Gasteiger partial charge on any atom is -0.389 e. The van der Waals surface area contributed by atoms with Crippen LogP contribution in [0.15, 0.2) is 24.0 Å². The summed E-state index contributed by atoms with van der Waals surface area (Å²) < 4.78 is 0. The molecule has 0 radical (unpaired) electrons. The Kier molecular flexibility index (Phi) is 4.80. The summed E-state index contributed by atoms with van der Waals surface area (Å²) >= 11 is 1.58. The van der Waals surface area contributed by atoms with Crippen LogP contribution >= 0.6 is 11.3 Å². The summed E-state index contributed by atoms with van der Waals surface area (Å²) in [5.41, 5.74) is 1.13. The van der Waals surface area contributed by atoms with Gasteiger partial charge in [-0.1, -0.05) is 0 Å². The second-order valence-electron chi connectivity index (χ2n) is 5.31. The molecule has 5 nitrogen and oxygen atoms in total. The molecule has 0 unspecified atom stereocenters. The van der Waals surface area contributed by atoms with Crippen molar-refractivity contribution in [2.75, 3.05) is 6.54 Å². The van der Waals surface area contributed by atoms with Crippen molar-refractivity contribution in [1.82, 2.24) is 20.3 Å². The zero-order valence-electron chi connectivity index (χ0n) is 12.0. The lowest BCUT2D eigenvalue weighted by atomic mass is 10.0. The summed E-state index contributed by atoms with van der Waals surface area (Å²) in [7, 11) is 0. The summed E-state index contributed by atoms with van der Waals surface area (Å²) in [6.07, 6.45) is 5.87. The Bertz CT molecular complexity index is 536. The van der Waals surface area contributed by atoms with Gasteiger partial charge in [0.05, 0.1) is 17.5 Å². The number of thiazole rings is 1. The average molecular weight is 292 g/mol. The quantitative estimate of drug-likeness (QED) is 0.851. The van der Waals surface area contributed by atoms with Crippen molar-refractivity contribution in [3.63, 3.8) is 0 Å². The summed E-state index contributed by atoms with van der Waals surface area (Å²) in [5, 5.41) is 16.1. The van der Waals surface area contributed by atoms with Crippen molar-refractivity contribution in [3.8, 4) is 10.7 Å². The summed E-state index contributed by atoms with van der Waals surface area (Å²) in [5.74, 6) is 0. The number of nitrogens with one attached hydrogen (secondary N) is 1. The molecule has 2 aromatic heterocycles. The molecule has 2 rings (SSSR count). The molecule has 0 saturated heterocycles. The van der Waals surface area contributed by atoms with Crippen molar-refractivity contribution in [1.29, 1.82) is 0 Å². The highest BCUT2D eigenvalue weighted by Crippen LogP contribution is 2.20. The van der Waals surface area contributed by atoms with Crippen LogP contribution in [0.25, 0.3) is 10.7 Å². The number of hydrogen-bond donors (Lipinski definition) is 2. The Morgan fingerprint density at radius 1 is 1.40 bits per heavy atom. The highest BCUT2D eigenvalue weighted by molar-refractivity contribution is 7.13. The zero-order chi connectivity index (χ0) is 14.6. The SMILES string of the molecule is C[C@H](NCCc1csc(-c2cnccn2)n1)C(C)(C)O. The largest absolute Gasteiger partial charge is 0.389 e. The van der Waals surface area contributed by atoms with Crippen molar-refractivity contribution < 1.29 is 5.11 Å². The Balaban J connectivity index is 1.88. The molecule has 0 bridgehead atoms. The molecule has 0 spiro atoms. The van der Waals surface area contributed by atoms with E-state index >= 15 is 0 Å². The van der Waals surface area contributed by atoms with Crippen LogP contribution in [0.2, 0.25) is 0 Å². The number of rotatable bonds is 6. The van der Waals surface area contributed by atoms with Crippen molar-refractivity contribution in [3.05, 3.63) is 29.7 Å². The van der Waals surface area contributed by atoms with Gasteiger partial charge in [-0.3, -0.25) is 9.97 Å². The van der Waals surface area contributed by atoms with Gasteiger partial charge in [-0.25, -0.2) is 4.98 Å². The third kappa shape index (κ3) is 4.06. The van der Waals surface area contributed by atoms with Gasteiger partial charge in [0.1, 0.15) is 10.7 Å². The van der Waals surface area contributed by atoms with E-state index in [1.54, 1.807) is 43.8 Å². The standard InChI is InChI=1S/C14H20N4OS/c1-10(14(2,3)19)16-5-4-11-9-20-13(18-11)12-8-15-6-7-17-12/h6-10,16,19H,4-5H2,1-3H3/t10-/m0/s1. The second-order valence-corrected chi connectivity index (χ2v) is 6.17. The monoisotopic (exact) mass is 292 g/mol. The second kappa shape index (κ2) is 6.39. The van der Waals surface area contributed by atoms with E-state index in [9.17, 15) is 5.11 Å². The van der Waals surface area contributed by atoms with Crippen LogP contribution in [-0.2, 0) is 6.42 Å². The normalized spacial score (nSPS) is 13.4. The van der Waals surface area contributed by atoms with Gasteiger partial charge in [0.25, 0.3) is 0 Å². The maximum atomic E-state index is 9.84. The van der Waals surface area contributed by atoms with E-state index in [1.165, 1.54) is 0 Å². The van der Waals surface area contributed by atoms with E-state index < -0.39 is 5.60 Å². The van der Waals surface area contributed by atoms with Crippen molar-refractivity contribution in [2.45, 2.75) is 38.8 Å². The molecule has 6 heteroatoms. The van der Waals surface area contributed by atoms with E-state index in [1.807, 2.05) is 12.3 Å². The van der Waals surface area contributed by atoms with Crippen LogP contribution in [0.1, 0.15) is 26.5 Å². The number of aliphatic hydroxyl groups is 1. The van der Waals surface area contributed by atoms with Crippen molar-refractivity contribution in [2.24, 2.45) is 0 Å². The van der Waals surface area contributed by atoms with E-state index in [0.29, 0.717) is 0 Å². The van der Waals surface area contributed by atoms with Crippen LogP contribution in [0.3, 0.4) is 0 Å². The van der Waals surface area contributed by atoms with E-state index in [2.05, 4.69) is 20.3 Å². The molecule has 0 aliphatic heterocycles. The lowest BCUT2D eigenvalue weighted by molar-refractivity contribution is 0.0446.